The van der Waals surface area contributed by atoms with Gasteiger partial charge in [0.25, 0.3) is 0 Å². The summed E-state index contributed by atoms with van der Waals surface area (Å²) in [5, 5.41) is 3.51. The zero-order valence-corrected chi connectivity index (χ0v) is 24.2. The second-order valence-corrected chi connectivity index (χ2v) is 10.7. The first-order valence-corrected chi connectivity index (χ1v) is 14.6. The summed E-state index contributed by atoms with van der Waals surface area (Å²) in [6.45, 7) is 0. The summed E-state index contributed by atoms with van der Waals surface area (Å²) in [7, 11) is 0. The number of H-pyrrole nitrogens is 2. The van der Waals surface area contributed by atoms with E-state index in [0.717, 1.165) is 49.5 Å². The molecule has 12 nitrogen and oxygen atoms in total. The van der Waals surface area contributed by atoms with Crippen molar-refractivity contribution in [2.45, 2.75) is 0 Å². The third kappa shape index (κ3) is 4.18. The van der Waals surface area contributed by atoms with Crippen molar-refractivity contribution in [1.82, 2.24) is 55.4 Å². The minimum absolute atomic E-state index is 0.531. The predicted octanol–water partition coefficient (Wildman–Crippen LogP) is 5.26. The molecule has 0 atom stereocenters. The van der Waals surface area contributed by atoms with Crippen molar-refractivity contribution < 1.29 is 16.0 Å². The van der Waals surface area contributed by atoms with Crippen LogP contribution in [0.3, 0.4) is 0 Å². The maximum atomic E-state index is 5.08. The van der Waals surface area contributed by atoms with Crippen LogP contribution in [0.5, 0.6) is 0 Å². The fourth-order valence-electron chi connectivity index (χ4n) is 5.91. The molecule has 0 fully saturated rings. The number of nitrogens with zero attached hydrogens (tertiary/aromatic N) is 6. The standard InChI is InChI=1S/C32H21N12.Co/c33-43-44-42-23-15-7-14-22-24(23)32-40-30-21-13-6-5-12-20(21)28(38-30)36-26-17-9-2-1-8-16(17)25(34-26)35-27-18-10-3-4-11-19(18)29(37-27)39-31(22)41-32;/h1-15,33,42-44H,(H2,34,35,36,37,38,39,40,41);/q-1;+1. The Morgan fingerprint density at radius 3 is 1.42 bits per heavy atom. The van der Waals surface area contributed by atoms with Gasteiger partial charge in [-0.15, -0.1) is 0 Å². The summed E-state index contributed by atoms with van der Waals surface area (Å²) < 4.78 is 2.53. The van der Waals surface area contributed by atoms with Crippen molar-refractivity contribution in [2.24, 2.45) is 0 Å². The SMILES string of the molecule is [Co][NH]NNNc1cccc2c3nc4nc(nc5[nH]c(nc6nc(nc([nH]3)c12)-c1ccccc1-6)c1ccccc51)-c1ccccc1-4. The Morgan fingerprint density at radius 1 is 0.444 bits per heavy atom. The van der Waals surface area contributed by atoms with Crippen molar-refractivity contribution in [3.8, 4) is 45.6 Å². The van der Waals surface area contributed by atoms with Gasteiger partial charge in [0.15, 0.2) is 0 Å². The summed E-state index contributed by atoms with van der Waals surface area (Å²) in [4.78, 5) is 37.0. The second kappa shape index (κ2) is 10.3. The summed E-state index contributed by atoms with van der Waals surface area (Å²) in [5.41, 5.74) is 15.5. The molecule has 2 aliphatic rings. The van der Waals surface area contributed by atoms with E-state index in [1.807, 2.05) is 91.0 Å². The van der Waals surface area contributed by atoms with Crippen LogP contribution in [0.1, 0.15) is 0 Å². The van der Waals surface area contributed by atoms with E-state index in [9.17, 15) is 0 Å². The molecule has 6 N–H and O–H groups in total. The van der Waals surface area contributed by atoms with Crippen LogP contribution in [0.15, 0.2) is 91.0 Å². The van der Waals surface area contributed by atoms with Crippen LogP contribution in [0.2, 0.25) is 0 Å². The molecule has 0 radical (unpaired) electrons. The molecule has 0 aliphatic carbocycles. The molecule has 13 heteroatoms. The Morgan fingerprint density at radius 2 is 0.889 bits per heavy atom. The maximum absolute atomic E-state index is 5.08. The average molecular weight is 633 g/mol. The Bertz CT molecular complexity index is 2480. The molecule has 218 valence electrons. The topological polar surface area (TPSA) is 157 Å². The fourth-order valence-corrected chi connectivity index (χ4v) is 5.98. The normalized spacial score (nSPS) is 12.0. The van der Waals surface area contributed by atoms with E-state index >= 15 is 0 Å². The Kier molecular flexibility index (Phi) is 5.90. The number of aromatic nitrogens is 8. The second-order valence-electron chi connectivity index (χ2n) is 10.4. The van der Waals surface area contributed by atoms with E-state index in [1.165, 1.54) is 0 Å². The minimum atomic E-state index is 0.531. The van der Waals surface area contributed by atoms with Crippen LogP contribution >= 0.6 is 0 Å². The molecule has 4 aromatic carbocycles. The first kappa shape index (κ1) is 25.9. The van der Waals surface area contributed by atoms with Gasteiger partial charge in [-0.3, -0.25) is 0 Å². The monoisotopic (exact) mass is 632 g/mol. The van der Waals surface area contributed by atoms with Crippen LogP contribution < -0.4 is 21.0 Å². The third-order valence-corrected chi connectivity index (χ3v) is 8.01. The van der Waals surface area contributed by atoms with E-state index in [1.54, 1.807) is 0 Å². The van der Waals surface area contributed by atoms with Crippen molar-refractivity contribution in [1.29, 1.82) is 0 Å². The van der Waals surface area contributed by atoms with Gasteiger partial charge < -0.3 is 4.98 Å². The van der Waals surface area contributed by atoms with Gasteiger partial charge in [-0.2, -0.15) is 0 Å². The van der Waals surface area contributed by atoms with Crippen molar-refractivity contribution >= 4 is 49.8 Å². The van der Waals surface area contributed by atoms with Gasteiger partial charge in [-0.1, -0.05) is 48.5 Å². The molecule has 0 spiro atoms. The molecule has 0 saturated carbocycles. The Hall–Kier alpha value is -5.57. The average Bonchev–Trinajstić information content (AvgIpc) is 3.81. The molecule has 3 aromatic heterocycles. The molecule has 0 saturated heterocycles. The molecule has 5 heterocycles. The van der Waals surface area contributed by atoms with Crippen LogP contribution in [-0.4, -0.2) is 39.9 Å². The van der Waals surface area contributed by atoms with Crippen LogP contribution in [0.25, 0.3) is 89.7 Å². The van der Waals surface area contributed by atoms with Gasteiger partial charge in [-0.25, -0.2) is 4.98 Å². The molecule has 8 bridgehead atoms. The van der Waals surface area contributed by atoms with Crippen LogP contribution in [-0.2, 0) is 16.0 Å². The molecule has 45 heavy (non-hydrogen) atoms. The molecule has 2 aliphatic heterocycles. The summed E-state index contributed by atoms with van der Waals surface area (Å²) >= 11 is 4.02. The number of fused-ring (bicyclic) bond motifs is 20. The van der Waals surface area contributed by atoms with E-state index < -0.39 is 0 Å². The molecule has 7 aromatic rings. The van der Waals surface area contributed by atoms with Crippen LogP contribution in [0, 0.1) is 0 Å². The predicted molar refractivity (Wildman–Crippen MR) is 169 cm³/mol. The van der Waals surface area contributed by atoms with E-state index in [2.05, 4.69) is 46.9 Å². The number of aromatic amines is 2. The Balaban J connectivity index is 1.46. The molecule has 0 amide bonds. The van der Waals surface area contributed by atoms with Gasteiger partial charge in [0.1, 0.15) is 11.3 Å². The van der Waals surface area contributed by atoms with Crippen molar-refractivity contribution in [2.75, 3.05) is 5.43 Å². The summed E-state index contributed by atoms with van der Waals surface area (Å²) in [6.07, 6.45) is 0. The zero-order valence-electron chi connectivity index (χ0n) is 23.2. The first-order chi connectivity index (χ1) is 22.2. The van der Waals surface area contributed by atoms with Gasteiger partial charge in [0.05, 0.1) is 0 Å². The number of hydrogen-bond acceptors (Lipinski definition) is 10. The number of hydrogen-bond donors (Lipinski definition) is 6. The molecule has 9 rings (SSSR count). The van der Waals surface area contributed by atoms with E-state index in [0.29, 0.717) is 45.9 Å². The van der Waals surface area contributed by atoms with Gasteiger partial charge >= 0.3 is 183 Å². The van der Waals surface area contributed by atoms with Gasteiger partial charge in [0.2, 0.25) is 0 Å². The van der Waals surface area contributed by atoms with Gasteiger partial charge in [0, 0.05) is 10.8 Å². The van der Waals surface area contributed by atoms with E-state index in [4.69, 9.17) is 29.9 Å². The summed E-state index contributed by atoms with van der Waals surface area (Å²) in [5.74, 6) is 2.19. The number of hydrazine groups is 3. The number of nitrogens with one attached hydrogen (secondary N) is 6. The molecule has 0 unspecified atom stereocenters. The zero-order chi connectivity index (χ0) is 29.9. The number of rotatable bonds is 4. The van der Waals surface area contributed by atoms with Crippen molar-refractivity contribution in [3.63, 3.8) is 0 Å². The number of anilines is 1. The third-order valence-electron chi connectivity index (χ3n) is 7.88. The first-order valence-electron chi connectivity index (χ1n) is 14.1. The van der Waals surface area contributed by atoms with Crippen LogP contribution in [0.4, 0.5) is 5.69 Å². The number of benzene rings is 4. The Labute approximate surface area is 262 Å². The van der Waals surface area contributed by atoms with Gasteiger partial charge in [-0.05, 0) is 0 Å². The molecular weight excluding hydrogens is 611 g/mol. The quantitative estimate of drug-likeness (QED) is 0.112. The summed E-state index contributed by atoms with van der Waals surface area (Å²) in [6, 6.07) is 29.8. The van der Waals surface area contributed by atoms with Crippen molar-refractivity contribution in [3.05, 3.63) is 91.0 Å². The fraction of sp³-hybridized carbons (Fsp3) is 0. The molecular formula is C32H21CoN12. The van der Waals surface area contributed by atoms with E-state index in [-0.39, 0.29) is 0 Å².